The van der Waals surface area contributed by atoms with E-state index in [2.05, 4.69) is 4.98 Å². The Morgan fingerprint density at radius 3 is 2.27 bits per heavy atom. The molecule has 7 heteroatoms. The maximum atomic E-state index is 12.3. The molecule has 0 aliphatic rings. The number of nitrogens with zero attached hydrogens (tertiary/aromatic N) is 1. The van der Waals surface area contributed by atoms with Crippen molar-refractivity contribution in [3.8, 4) is 0 Å². The van der Waals surface area contributed by atoms with Gasteiger partial charge in [-0.25, -0.2) is 4.98 Å². The number of anilines is 1. The summed E-state index contributed by atoms with van der Waals surface area (Å²) >= 11 is 0. The van der Waals surface area contributed by atoms with E-state index in [0.717, 1.165) is 12.3 Å². The van der Waals surface area contributed by atoms with Crippen molar-refractivity contribution in [3.05, 3.63) is 17.8 Å². The van der Waals surface area contributed by atoms with Gasteiger partial charge in [-0.05, 0) is 11.5 Å². The molecule has 2 nitrogen and oxygen atoms in total. The molecule has 0 radical (unpaired) electrons. The largest absolute Gasteiger partial charge is 1.00 e. The second-order valence-corrected chi connectivity index (χ2v) is 3.47. The van der Waals surface area contributed by atoms with Gasteiger partial charge in [0.1, 0.15) is 5.82 Å². The Labute approximate surface area is 129 Å². The Hall–Kier alpha value is 0.441. The van der Waals surface area contributed by atoms with Crippen LogP contribution in [0.4, 0.5) is 18.8 Å². The number of aromatic nitrogens is 1. The molecule has 1 aromatic heterocycles. The summed E-state index contributed by atoms with van der Waals surface area (Å²) in [4.78, 5) is 3.54. The number of nitrogens with two attached hydrogens (primary N) is 1. The van der Waals surface area contributed by atoms with E-state index in [4.69, 9.17) is 5.73 Å². The van der Waals surface area contributed by atoms with Crippen molar-refractivity contribution in [2.75, 3.05) is 5.73 Å². The normalized spacial score (nSPS) is 11.3. The van der Waals surface area contributed by atoms with E-state index in [1.165, 1.54) is 0 Å². The predicted octanol–water partition coefficient (Wildman–Crippen LogP) is -1.15. The van der Waals surface area contributed by atoms with E-state index < -0.39 is 12.4 Å². The molecule has 0 aliphatic heterocycles. The summed E-state index contributed by atoms with van der Waals surface area (Å²) in [6, 6.07) is 1.08. The smallest absolute Gasteiger partial charge is 0.445 e. The van der Waals surface area contributed by atoms with Gasteiger partial charge in [0.15, 0.2) is 0 Å². The summed E-state index contributed by atoms with van der Waals surface area (Å²) in [5.74, 6) is 0.115. The third-order valence-corrected chi connectivity index (χ3v) is 1.97. The van der Waals surface area contributed by atoms with Crippen LogP contribution in [0.2, 0.25) is 0 Å². The van der Waals surface area contributed by atoms with E-state index >= 15 is 0 Å². The number of rotatable bonds is 2. The Morgan fingerprint density at radius 1 is 1.33 bits per heavy atom. The fraction of sp³-hybridized carbons (Fsp3) is 0.375. The SMILES string of the molecule is CC(C)c1cc([B-](F)(F)F)cnc1N.[K+]. The van der Waals surface area contributed by atoms with Gasteiger partial charge in [-0.1, -0.05) is 25.4 Å². The van der Waals surface area contributed by atoms with Gasteiger partial charge in [0, 0.05) is 6.20 Å². The summed E-state index contributed by atoms with van der Waals surface area (Å²) in [6.07, 6.45) is 0.779. The van der Waals surface area contributed by atoms with E-state index in [1.54, 1.807) is 13.8 Å². The predicted molar refractivity (Wildman–Crippen MR) is 51.5 cm³/mol. The van der Waals surface area contributed by atoms with Crippen LogP contribution in [0.1, 0.15) is 25.3 Å². The molecule has 2 N–H and O–H groups in total. The average molecular weight is 242 g/mol. The monoisotopic (exact) mass is 242 g/mol. The molecule has 0 saturated heterocycles. The summed E-state index contributed by atoms with van der Waals surface area (Å²) in [7, 11) is 0. The topological polar surface area (TPSA) is 38.9 Å². The molecule has 0 amide bonds. The van der Waals surface area contributed by atoms with Gasteiger partial charge < -0.3 is 18.7 Å². The first kappa shape index (κ1) is 15.4. The van der Waals surface area contributed by atoms with Crippen LogP contribution >= 0.6 is 0 Å². The minimum atomic E-state index is -4.98. The van der Waals surface area contributed by atoms with Crippen LogP contribution in [0.5, 0.6) is 0 Å². The van der Waals surface area contributed by atoms with Crippen LogP contribution in [0.15, 0.2) is 12.3 Å². The fourth-order valence-electron chi connectivity index (χ4n) is 1.15. The van der Waals surface area contributed by atoms with Gasteiger partial charge >= 0.3 is 58.4 Å². The van der Waals surface area contributed by atoms with Crippen LogP contribution in [0, 0.1) is 0 Å². The molecule has 0 saturated carbocycles. The van der Waals surface area contributed by atoms with Crippen molar-refractivity contribution in [2.24, 2.45) is 0 Å². The van der Waals surface area contributed by atoms with Crippen molar-refractivity contribution in [1.29, 1.82) is 0 Å². The van der Waals surface area contributed by atoms with E-state index in [0.29, 0.717) is 5.56 Å². The zero-order chi connectivity index (χ0) is 10.9. The maximum Gasteiger partial charge on any atom is 1.00 e. The molecular formula is C8H11BF3KN2. The van der Waals surface area contributed by atoms with Crippen LogP contribution in [0.3, 0.4) is 0 Å². The number of hydrogen-bond donors (Lipinski definition) is 1. The van der Waals surface area contributed by atoms with Crippen molar-refractivity contribution >= 4 is 18.3 Å². The molecule has 0 bridgehead atoms. The fourth-order valence-corrected chi connectivity index (χ4v) is 1.15. The Morgan fingerprint density at radius 2 is 1.87 bits per heavy atom. The average Bonchev–Trinajstić information content (AvgIpc) is 2.02. The first-order valence-corrected chi connectivity index (χ1v) is 4.27. The molecule has 1 rings (SSSR count). The molecule has 0 spiro atoms. The molecule has 1 heterocycles. The molecule has 0 aliphatic carbocycles. The van der Waals surface area contributed by atoms with Crippen LogP contribution < -0.4 is 62.6 Å². The summed E-state index contributed by atoms with van der Waals surface area (Å²) < 4.78 is 37.0. The molecule has 0 aromatic carbocycles. The first-order chi connectivity index (χ1) is 6.32. The van der Waals surface area contributed by atoms with Crippen LogP contribution in [0.25, 0.3) is 0 Å². The standard InChI is InChI=1S/C8H11BF3N2.K/c1-5(2)7-3-6(9(10,11)12)4-14-8(7)13;/h3-5H,1-2H3,(H2,13,14);/q-1;+1. The minimum absolute atomic E-state index is 0. The molecule has 1 aromatic rings. The summed E-state index contributed by atoms with van der Waals surface area (Å²) in [5.41, 5.74) is 5.22. The van der Waals surface area contributed by atoms with Crippen LogP contribution in [-0.2, 0) is 0 Å². The van der Waals surface area contributed by atoms with E-state index in [-0.39, 0.29) is 63.1 Å². The Balaban J connectivity index is 0.00000196. The second kappa shape index (κ2) is 5.68. The summed E-state index contributed by atoms with van der Waals surface area (Å²) in [5, 5.41) is 0. The van der Waals surface area contributed by atoms with E-state index in [9.17, 15) is 12.9 Å². The van der Waals surface area contributed by atoms with Gasteiger partial charge in [-0.2, -0.15) is 0 Å². The first-order valence-electron chi connectivity index (χ1n) is 4.27. The molecule has 0 fully saturated rings. The molecule has 78 valence electrons. The van der Waals surface area contributed by atoms with Crippen LogP contribution in [-0.4, -0.2) is 12.0 Å². The van der Waals surface area contributed by atoms with Gasteiger partial charge in [0.05, 0.1) is 0 Å². The zero-order valence-corrected chi connectivity index (χ0v) is 12.1. The second-order valence-electron chi connectivity index (χ2n) is 3.47. The molecule has 0 unspecified atom stereocenters. The van der Waals surface area contributed by atoms with Gasteiger partial charge in [-0.15, -0.1) is 0 Å². The number of pyridine rings is 1. The summed E-state index contributed by atoms with van der Waals surface area (Å²) in [6.45, 7) is -1.43. The Bertz CT molecular complexity index is 341. The Kier molecular flexibility index (Phi) is 5.84. The van der Waals surface area contributed by atoms with Gasteiger partial charge in [-0.3, -0.25) is 0 Å². The number of halogens is 3. The number of nitrogen functional groups attached to an aromatic ring is 1. The molecule has 0 atom stereocenters. The molecular weight excluding hydrogens is 231 g/mol. The number of hydrogen-bond acceptors (Lipinski definition) is 2. The minimum Gasteiger partial charge on any atom is -0.445 e. The van der Waals surface area contributed by atoms with Crippen molar-refractivity contribution in [1.82, 2.24) is 4.98 Å². The third-order valence-electron chi connectivity index (χ3n) is 1.97. The third kappa shape index (κ3) is 4.07. The quantitative estimate of drug-likeness (QED) is 0.665. The van der Waals surface area contributed by atoms with Gasteiger partial charge in [0.25, 0.3) is 0 Å². The van der Waals surface area contributed by atoms with Crippen molar-refractivity contribution in [3.63, 3.8) is 0 Å². The zero-order valence-electron chi connectivity index (χ0n) is 8.97. The van der Waals surface area contributed by atoms with Crippen molar-refractivity contribution in [2.45, 2.75) is 19.8 Å². The molecule has 15 heavy (non-hydrogen) atoms. The van der Waals surface area contributed by atoms with Gasteiger partial charge in [0.2, 0.25) is 0 Å². The maximum absolute atomic E-state index is 12.3. The van der Waals surface area contributed by atoms with E-state index in [1.807, 2.05) is 0 Å². The van der Waals surface area contributed by atoms with Crippen molar-refractivity contribution < 1.29 is 64.3 Å².